The first-order valence-corrected chi connectivity index (χ1v) is 7.24. The van der Waals surface area contributed by atoms with Crippen LogP contribution in [0.2, 0.25) is 0 Å². The van der Waals surface area contributed by atoms with E-state index in [0.717, 1.165) is 32.4 Å². The van der Waals surface area contributed by atoms with Crippen molar-refractivity contribution in [2.75, 3.05) is 32.8 Å². The maximum atomic E-state index is 11.5. The summed E-state index contributed by atoms with van der Waals surface area (Å²) in [6.07, 6.45) is 3.79. The molecule has 0 bridgehead atoms. The van der Waals surface area contributed by atoms with Crippen molar-refractivity contribution in [3.8, 4) is 0 Å². The van der Waals surface area contributed by atoms with Crippen LogP contribution < -0.4 is 10.6 Å². The van der Waals surface area contributed by atoms with Crippen molar-refractivity contribution in [3.05, 3.63) is 0 Å². The predicted octanol–water partition coefficient (Wildman–Crippen LogP) is -0.122. The minimum Gasteiger partial charge on any atom is -0.343 e. The first kappa shape index (κ1) is 14.6. The molecule has 7 nitrogen and oxygen atoms in total. The van der Waals surface area contributed by atoms with Crippen LogP contribution in [0.4, 0.5) is 4.79 Å². The lowest BCUT2D eigenvalue weighted by Gasteiger charge is -2.17. The van der Waals surface area contributed by atoms with Gasteiger partial charge >= 0.3 is 6.03 Å². The Balaban J connectivity index is 1.51. The van der Waals surface area contributed by atoms with Crippen LogP contribution in [-0.4, -0.2) is 60.5 Å². The summed E-state index contributed by atoms with van der Waals surface area (Å²) >= 11 is 0. The fraction of sp³-hybridized carbons (Fsp3) is 0.769. The third kappa shape index (κ3) is 4.11. The molecule has 0 atom stereocenters. The van der Waals surface area contributed by atoms with Crippen LogP contribution in [-0.2, 0) is 9.59 Å². The Morgan fingerprint density at radius 2 is 1.65 bits per heavy atom. The largest absolute Gasteiger partial charge is 0.343 e. The van der Waals surface area contributed by atoms with Gasteiger partial charge in [-0.05, 0) is 19.3 Å². The van der Waals surface area contributed by atoms with Crippen molar-refractivity contribution in [1.29, 1.82) is 0 Å². The van der Waals surface area contributed by atoms with Crippen molar-refractivity contribution in [2.24, 2.45) is 0 Å². The fourth-order valence-electron chi connectivity index (χ4n) is 2.51. The first-order valence-electron chi connectivity index (χ1n) is 7.24. The van der Waals surface area contributed by atoms with Gasteiger partial charge in [0.15, 0.2) is 0 Å². The molecule has 2 N–H and O–H groups in total. The van der Waals surface area contributed by atoms with E-state index in [1.165, 1.54) is 0 Å². The van der Waals surface area contributed by atoms with E-state index in [0.29, 0.717) is 25.9 Å². The second-order valence-corrected chi connectivity index (χ2v) is 5.19. The molecule has 2 saturated heterocycles. The number of nitrogens with zero attached hydrogens (tertiary/aromatic N) is 2. The summed E-state index contributed by atoms with van der Waals surface area (Å²) in [7, 11) is 0. The molecule has 0 aromatic rings. The Bertz CT molecular complexity index is 386. The number of carbonyl (C=O) groups excluding carboxylic acids is 3. The average molecular weight is 282 g/mol. The van der Waals surface area contributed by atoms with E-state index < -0.39 is 0 Å². The van der Waals surface area contributed by atoms with E-state index in [1.807, 2.05) is 4.90 Å². The van der Waals surface area contributed by atoms with Gasteiger partial charge in [0.1, 0.15) is 0 Å². The molecule has 0 saturated carbocycles. The second-order valence-electron chi connectivity index (χ2n) is 5.19. The molecule has 4 amide bonds. The molecule has 2 heterocycles. The van der Waals surface area contributed by atoms with Crippen LogP contribution in [0.1, 0.15) is 32.1 Å². The Labute approximate surface area is 118 Å². The van der Waals surface area contributed by atoms with Crippen molar-refractivity contribution in [1.82, 2.24) is 20.4 Å². The van der Waals surface area contributed by atoms with Gasteiger partial charge in [0.25, 0.3) is 0 Å². The van der Waals surface area contributed by atoms with Crippen LogP contribution in [0, 0.1) is 0 Å². The van der Waals surface area contributed by atoms with E-state index in [4.69, 9.17) is 0 Å². The Kier molecular flexibility index (Phi) is 5.20. The second kappa shape index (κ2) is 7.12. The van der Waals surface area contributed by atoms with Crippen molar-refractivity contribution in [2.45, 2.75) is 32.1 Å². The summed E-state index contributed by atoms with van der Waals surface area (Å²) in [5.74, 6) is 0.305. The summed E-state index contributed by atoms with van der Waals surface area (Å²) in [5.41, 5.74) is 0. The smallest absolute Gasteiger partial charge is 0.316 e. The zero-order chi connectivity index (χ0) is 14.4. The van der Waals surface area contributed by atoms with Gasteiger partial charge in [-0.2, -0.15) is 0 Å². The van der Waals surface area contributed by atoms with Crippen LogP contribution >= 0.6 is 0 Å². The average Bonchev–Trinajstić information content (AvgIpc) is 3.01. The standard InChI is InChI=1S/C13H22N4O3/c18-11-4-1-7-16(11)9-3-6-14-13(20)15-10-17-8-2-5-12(17)19/h1-10H2,(H2,14,15,20). The van der Waals surface area contributed by atoms with Crippen molar-refractivity contribution in [3.63, 3.8) is 0 Å². The van der Waals surface area contributed by atoms with Gasteiger partial charge in [0.05, 0.1) is 6.67 Å². The number of nitrogens with one attached hydrogen (secondary N) is 2. The summed E-state index contributed by atoms with van der Waals surface area (Å²) < 4.78 is 0. The lowest BCUT2D eigenvalue weighted by Crippen LogP contribution is -2.43. The molecule has 2 rings (SSSR count). The molecule has 2 fully saturated rings. The van der Waals surface area contributed by atoms with E-state index in [-0.39, 0.29) is 24.5 Å². The Morgan fingerprint density at radius 1 is 1.00 bits per heavy atom. The van der Waals surface area contributed by atoms with Crippen molar-refractivity contribution < 1.29 is 14.4 Å². The monoisotopic (exact) mass is 282 g/mol. The van der Waals surface area contributed by atoms with Gasteiger partial charge in [-0.1, -0.05) is 0 Å². The maximum absolute atomic E-state index is 11.5. The van der Waals surface area contributed by atoms with Gasteiger partial charge in [-0.3, -0.25) is 9.59 Å². The zero-order valence-electron chi connectivity index (χ0n) is 11.7. The van der Waals surface area contributed by atoms with Crippen LogP contribution in [0.3, 0.4) is 0 Å². The lowest BCUT2D eigenvalue weighted by molar-refractivity contribution is -0.128. The quantitative estimate of drug-likeness (QED) is 0.666. The molecule has 0 radical (unpaired) electrons. The van der Waals surface area contributed by atoms with E-state index in [9.17, 15) is 14.4 Å². The zero-order valence-corrected chi connectivity index (χ0v) is 11.7. The SMILES string of the molecule is O=C(NCCCN1CCCC1=O)NCN1CCCC1=O. The summed E-state index contributed by atoms with van der Waals surface area (Å²) in [5, 5.41) is 5.40. The molecule has 0 spiro atoms. The summed E-state index contributed by atoms with van der Waals surface area (Å²) in [6.45, 7) is 3.06. The third-order valence-corrected chi connectivity index (χ3v) is 3.66. The van der Waals surface area contributed by atoms with Crippen LogP contribution in [0.25, 0.3) is 0 Å². The van der Waals surface area contributed by atoms with Crippen molar-refractivity contribution >= 4 is 17.8 Å². The molecular formula is C13H22N4O3. The number of rotatable bonds is 6. The predicted molar refractivity (Wildman–Crippen MR) is 72.8 cm³/mol. The molecule has 20 heavy (non-hydrogen) atoms. The van der Waals surface area contributed by atoms with Crippen LogP contribution in [0.15, 0.2) is 0 Å². The molecule has 0 unspecified atom stereocenters. The number of likely N-dealkylation sites (tertiary alicyclic amines) is 2. The fourth-order valence-corrected chi connectivity index (χ4v) is 2.51. The normalized spacial score (nSPS) is 18.8. The highest BCUT2D eigenvalue weighted by molar-refractivity contribution is 5.79. The molecule has 2 aliphatic heterocycles. The molecule has 112 valence electrons. The van der Waals surface area contributed by atoms with Gasteiger partial charge in [0, 0.05) is 39.0 Å². The summed E-state index contributed by atoms with van der Waals surface area (Å²) in [6, 6.07) is -0.266. The highest BCUT2D eigenvalue weighted by Gasteiger charge is 2.20. The summed E-state index contributed by atoms with van der Waals surface area (Å²) in [4.78, 5) is 37.7. The highest BCUT2D eigenvalue weighted by atomic mass is 16.2. The van der Waals surface area contributed by atoms with E-state index >= 15 is 0 Å². The Morgan fingerprint density at radius 3 is 2.25 bits per heavy atom. The molecule has 7 heteroatoms. The van der Waals surface area contributed by atoms with Gasteiger partial charge in [-0.15, -0.1) is 0 Å². The lowest BCUT2D eigenvalue weighted by atomic mass is 10.4. The number of carbonyl (C=O) groups is 3. The van der Waals surface area contributed by atoms with Gasteiger partial charge < -0.3 is 20.4 Å². The highest BCUT2D eigenvalue weighted by Crippen LogP contribution is 2.09. The molecule has 0 aliphatic carbocycles. The first-order chi connectivity index (χ1) is 9.66. The van der Waals surface area contributed by atoms with E-state index in [1.54, 1.807) is 4.90 Å². The number of urea groups is 1. The third-order valence-electron chi connectivity index (χ3n) is 3.66. The molecular weight excluding hydrogens is 260 g/mol. The Hall–Kier alpha value is -1.79. The van der Waals surface area contributed by atoms with E-state index in [2.05, 4.69) is 10.6 Å². The topological polar surface area (TPSA) is 81.8 Å². The maximum Gasteiger partial charge on any atom is 0.316 e. The molecule has 2 aliphatic rings. The molecule has 0 aromatic heterocycles. The van der Waals surface area contributed by atoms with Gasteiger partial charge in [0.2, 0.25) is 11.8 Å². The number of hydrogen-bond donors (Lipinski definition) is 2. The molecule has 0 aromatic carbocycles. The van der Waals surface area contributed by atoms with Crippen LogP contribution in [0.5, 0.6) is 0 Å². The van der Waals surface area contributed by atoms with Gasteiger partial charge in [-0.25, -0.2) is 4.79 Å². The number of hydrogen-bond acceptors (Lipinski definition) is 3. The minimum absolute atomic E-state index is 0.0952. The number of amides is 4. The minimum atomic E-state index is -0.266.